The number of hydrogen-bond donors (Lipinski definition) is 2. The number of benzene rings is 1. The molecule has 1 aromatic rings. The number of carbonyl (C=O) groups is 1. The van der Waals surface area contributed by atoms with E-state index in [0.717, 1.165) is 5.56 Å². The van der Waals surface area contributed by atoms with Gasteiger partial charge in [-0.05, 0) is 24.5 Å². The zero-order valence-electron chi connectivity index (χ0n) is 11.7. The van der Waals surface area contributed by atoms with E-state index in [0.29, 0.717) is 28.8 Å². The van der Waals surface area contributed by atoms with Crippen molar-refractivity contribution >= 4 is 29.2 Å². The van der Waals surface area contributed by atoms with E-state index in [1.165, 1.54) is 7.11 Å². The fourth-order valence-corrected chi connectivity index (χ4v) is 2.56. The number of carboxylic acids is 1. The first-order chi connectivity index (χ1) is 9.35. The van der Waals surface area contributed by atoms with Crippen LogP contribution in [0.2, 0.25) is 10.0 Å². The molecule has 0 saturated heterocycles. The highest BCUT2D eigenvalue weighted by Crippen LogP contribution is 2.32. The van der Waals surface area contributed by atoms with Gasteiger partial charge in [-0.25, -0.2) is 0 Å². The molecule has 0 heterocycles. The molecule has 4 nitrogen and oxygen atoms in total. The van der Waals surface area contributed by atoms with Gasteiger partial charge in [-0.3, -0.25) is 4.79 Å². The molecule has 1 rings (SSSR count). The van der Waals surface area contributed by atoms with Gasteiger partial charge >= 0.3 is 5.97 Å². The lowest BCUT2D eigenvalue weighted by Crippen LogP contribution is -2.37. The fraction of sp³-hybridized carbons (Fsp3) is 0.500. The van der Waals surface area contributed by atoms with Crippen LogP contribution in [0, 0.1) is 5.92 Å². The largest absolute Gasteiger partial charge is 0.495 e. The second-order valence-electron chi connectivity index (χ2n) is 4.98. The predicted molar refractivity (Wildman–Crippen MR) is 80.7 cm³/mol. The first-order valence-electron chi connectivity index (χ1n) is 6.33. The average Bonchev–Trinajstić information content (AvgIpc) is 2.33. The summed E-state index contributed by atoms with van der Waals surface area (Å²) in [6, 6.07) is 2.69. The number of aliphatic carboxylic acids is 1. The Balaban J connectivity index is 2.84. The number of methoxy groups -OCH3 is 1. The monoisotopic (exact) mass is 319 g/mol. The molecule has 20 heavy (non-hydrogen) atoms. The molecular formula is C14H19Cl2NO3. The van der Waals surface area contributed by atoms with E-state index in [4.69, 9.17) is 27.9 Å². The number of halogens is 2. The van der Waals surface area contributed by atoms with Crippen LogP contribution in [0.25, 0.3) is 0 Å². The van der Waals surface area contributed by atoms with E-state index in [1.54, 1.807) is 12.1 Å². The molecule has 0 aromatic heterocycles. The third-order valence-corrected chi connectivity index (χ3v) is 3.33. The highest BCUT2D eigenvalue weighted by atomic mass is 35.5. The first kappa shape index (κ1) is 17.1. The van der Waals surface area contributed by atoms with E-state index in [9.17, 15) is 9.90 Å². The number of ether oxygens (including phenoxy) is 1. The van der Waals surface area contributed by atoms with Crippen LogP contribution in [0.15, 0.2) is 12.1 Å². The normalized spacial score (nSPS) is 12.5. The van der Waals surface area contributed by atoms with E-state index in [-0.39, 0.29) is 5.92 Å². The quantitative estimate of drug-likeness (QED) is 0.806. The van der Waals surface area contributed by atoms with Crippen molar-refractivity contribution in [1.29, 1.82) is 0 Å². The number of hydrogen-bond acceptors (Lipinski definition) is 3. The number of nitrogens with one attached hydrogen (secondary N) is 1. The summed E-state index contributed by atoms with van der Waals surface area (Å²) in [6.45, 7) is 4.29. The van der Waals surface area contributed by atoms with Gasteiger partial charge in [-0.1, -0.05) is 37.0 Å². The van der Waals surface area contributed by atoms with Gasteiger partial charge in [0.2, 0.25) is 0 Å². The number of carboxylic acid groups (broad SMARTS) is 1. The molecule has 0 unspecified atom stereocenters. The zero-order chi connectivity index (χ0) is 15.3. The van der Waals surface area contributed by atoms with Gasteiger partial charge in [-0.15, -0.1) is 0 Å². The summed E-state index contributed by atoms with van der Waals surface area (Å²) >= 11 is 12.0. The molecule has 1 atom stereocenters. The molecule has 6 heteroatoms. The highest BCUT2D eigenvalue weighted by molar-refractivity contribution is 6.35. The van der Waals surface area contributed by atoms with E-state index < -0.39 is 12.0 Å². The van der Waals surface area contributed by atoms with Gasteiger partial charge in [0.15, 0.2) is 0 Å². The molecule has 0 radical (unpaired) electrons. The lowest BCUT2D eigenvalue weighted by atomic mass is 10.0. The third-order valence-electron chi connectivity index (χ3n) is 2.83. The molecule has 0 fully saturated rings. The van der Waals surface area contributed by atoms with Crippen LogP contribution in [0.1, 0.15) is 25.8 Å². The maximum Gasteiger partial charge on any atom is 0.320 e. The molecular weight excluding hydrogens is 301 g/mol. The molecule has 0 bridgehead atoms. The van der Waals surface area contributed by atoms with Crippen LogP contribution in [0.5, 0.6) is 5.75 Å². The lowest BCUT2D eigenvalue weighted by Gasteiger charge is -2.18. The number of rotatable bonds is 7. The molecule has 1 aromatic carbocycles. The van der Waals surface area contributed by atoms with Crippen molar-refractivity contribution in [3.63, 3.8) is 0 Å². The Labute approximate surface area is 129 Å². The molecule has 0 aliphatic heterocycles. The van der Waals surface area contributed by atoms with Crippen LogP contribution < -0.4 is 10.1 Å². The van der Waals surface area contributed by atoms with Crippen LogP contribution in [-0.2, 0) is 11.3 Å². The Morgan fingerprint density at radius 1 is 1.40 bits per heavy atom. The third kappa shape index (κ3) is 4.85. The van der Waals surface area contributed by atoms with Crippen LogP contribution >= 0.6 is 23.2 Å². The Morgan fingerprint density at radius 3 is 2.55 bits per heavy atom. The minimum atomic E-state index is -0.870. The Morgan fingerprint density at radius 2 is 2.05 bits per heavy atom. The summed E-state index contributed by atoms with van der Waals surface area (Å²) in [7, 11) is 1.52. The van der Waals surface area contributed by atoms with Crippen molar-refractivity contribution in [2.24, 2.45) is 5.92 Å². The van der Waals surface area contributed by atoms with Crippen molar-refractivity contribution in [3.05, 3.63) is 27.7 Å². The van der Waals surface area contributed by atoms with Crippen molar-refractivity contribution in [2.45, 2.75) is 32.9 Å². The minimum Gasteiger partial charge on any atom is -0.495 e. The van der Waals surface area contributed by atoms with Crippen molar-refractivity contribution in [2.75, 3.05) is 7.11 Å². The van der Waals surface area contributed by atoms with Gasteiger partial charge in [0.25, 0.3) is 0 Å². The molecule has 0 saturated carbocycles. The van der Waals surface area contributed by atoms with Gasteiger partial charge in [0.1, 0.15) is 11.8 Å². The second-order valence-corrected chi connectivity index (χ2v) is 5.82. The minimum absolute atomic E-state index is 0.286. The average molecular weight is 320 g/mol. The predicted octanol–water partition coefficient (Wildman–Crippen LogP) is 3.59. The highest BCUT2D eigenvalue weighted by Gasteiger charge is 2.19. The Hall–Kier alpha value is -0.970. The van der Waals surface area contributed by atoms with Crippen molar-refractivity contribution in [1.82, 2.24) is 5.32 Å². The summed E-state index contributed by atoms with van der Waals surface area (Å²) in [4.78, 5) is 11.2. The summed E-state index contributed by atoms with van der Waals surface area (Å²) in [5, 5.41) is 13.1. The molecule has 0 amide bonds. The summed E-state index contributed by atoms with van der Waals surface area (Å²) in [5.41, 5.74) is 0.736. The lowest BCUT2D eigenvalue weighted by molar-refractivity contribution is -0.140. The van der Waals surface area contributed by atoms with E-state index >= 15 is 0 Å². The van der Waals surface area contributed by atoms with E-state index in [2.05, 4.69) is 5.32 Å². The second kappa shape index (κ2) is 7.72. The van der Waals surface area contributed by atoms with E-state index in [1.807, 2.05) is 13.8 Å². The maximum atomic E-state index is 11.2. The van der Waals surface area contributed by atoms with Crippen LogP contribution in [-0.4, -0.2) is 24.2 Å². The van der Waals surface area contributed by atoms with Crippen molar-refractivity contribution in [3.8, 4) is 5.75 Å². The smallest absolute Gasteiger partial charge is 0.320 e. The molecule has 2 N–H and O–H groups in total. The topological polar surface area (TPSA) is 58.6 Å². The van der Waals surface area contributed by atoms with Gasteiger partial charge in [0, 0.05) is 17.1 Å². The standard InChI is InChI=1S/C14H19Cl2NO3/c1-8(2)4-12(14(18)19)17-7-9-5-10(15)6-11(16)13(9)20-3/h5-6,8,12,17H,4,7H2,1-3H3,(H,18,19)/t12-/m0/s1. The summed E-state index contributed by atoms with van der Waals surface area (Å²) in [5.74, 6) is -0.0727. The van der Waals surface area contributed by atoms with Gasteiger partial charge < -0.3 is 15.2 Å². The molecule has 0 spiro atoms. The Bertz CT molecular complexity index is 478. The zero-order valence-corrected chi connectivity index (χ0v) is 13.3. The Kier molecular flexibility index (Phi) is 6.59. The fourth-order valence-electron chi connectivity index (χ4n) is 1.95. The van der Waals surface area contributed by atoms with Crippen LogP contribution in [0.3, 0.4) is 0 Å². The molecule has 0 aliphatic carbocycles. The molecule has 0 aliphatic rings. The SMILES string of the molecule is COc1c(Cl)cc(Cl)cc1CN[C@@H](CC(C)C)C(=O)O. The summed E-state index contributed by atoms with van der Waals surface area (Å²) in [6.07, 6.45) is 0.548. The first-order valence-corrected chi connectivity index (χ1v) is 7.08. The summed E-state index contributed by atoms with van der Waals surface area (Å²) < 4.78 is 5.23. The van der Waals surface area contributed by atoms with Gasteiger partial charge in [-0.2, -0.15) is 0 Å². The van der Waals surface area contributed by atoms with Gasteiger partial charge in [0.05, 0.1) is 12.1 Å². The van der Waals surface area contributed by atoms with Crippen LogP contribution in [0.4, 0.5) is 0 Å². The van der Waals surface area contributed by atoms with Crippen molar-refractivity contribution < 1.29 is 14.6 Å². The molecule has 112 valence electrons. The maximum absolute atomic E-state index is 11.2.